The fourth-order valence-corrected chi connectivity index (χ4v) is 1.87. The van der Waals surface area contributed by atoms with Crippen LogP contribution >= 0.6 is 0 Å². The molecule has 0 amide bonds. The van der Waals surface area contributed by atoms with Gasteiger partial charge in [0.2, 0.25) is 0 Å². The fourth-order valence-electron chi connectivity index (χ4n) is 1.87. The van der Waals surface area contributed by atoms with Crippen molar-refractivity contribution in [3.63, 3.8) is 0 Å². The summed E-state index contributed by atoms with van der Waals surface area (Å²) >= 11 is 0. The van der Waals surface area contributed by atoms with E-state index < -0.39 is 0 Å². The number of aromatic nitrogens is 2. The third-order valence-corrected chi connectivity index (χ3v) is 2.70. The van der Waals surface area contributed by atoms with Gasteiger partial charge in [0, 0.05) is 11.3 Å². The second-order valence-electron chi connectivity index (χ2n) is 4.20. The molecule has 0 bridgehead atoms. The predicted molar refractivity (Wildman–Crippen MR) is 70.8 cm³/mol. The van der Waals surface area contributed by atoms with Gasteiger partial charge in [0.05, 0.1) is 12.2 Å². The number of benzene rings is 1. The molecule has 0 unspecified atom stereocenters. The van der Waals surface area contributed by atoms with Crippen molar-refractivity contribution in [1.29, 1.82) is 0 Å². The van der Waals surface area contributed by atoms with E-state index in [4.69, 9.17) is 0 Å². The van der Waals surface area contributed by atoms with Crippen molar-refractivity contribution in [2.45, 2.75) is 26.8 Å². The maximum atomic E-state index is 4.63. The van der Waals surface area contributed by atoms with Crippen LogP contribution in [0.4, 0.5) is 0 Å². The van der Waals surface area contributed by atoms with Crippen LogP contribution in [0.1, 0.15) is 24.9 Å². The molecule has 0 saturated heterocycles. The molecule has 0 aliphatic rings. The number of aromatic amines is 1. The number of nitrogens with zero attached hydrogens (tertiary/aromatic N) is 1. The fraction of sp³-hybridized carbons (Fsp3) is 0.357. The van der Waals surface area contributed by atoms with Gasteiger partial charge in [-0.1, -0.05) is 37.3 Å². The lowest BCUT2D eigenvalue weighted by molar-refractivity contribution is 0.655. The Morgan fingerprint density at radius 1 is 1.24 bits per heavy atom. The van der Waals surface area contributed by atoms with Gasteiger partial charge in [0.25, 0.3) is 0 Å². The minimum atomic E-state index is 0.807. The highest BCUT2D eigenvalue weighted by molar-refractivity contribution is 5.61. The highest BCUT2D eigenvalue weighted by Crippen LogP contribution is 2.20. The Balaban J connectivity index is 2.14. The van der Waals surface area contributed by atoms with Crippen LogP contribution in [0.3, 0.4) is 0 Å². The summed E-state index contributed by atoms with van der Waals surface area (Å²) in [7, 11) is 0. The second-order valence-corrected chi connectivity index (χ2v) is 4.20. The quantitative estimate of drug-likeness (QED) is 0.774. The topological polar surface area (TPSA) is 40.7 Å². The normalized spacial score (nSPS) is 10.7. The summed E-state index contributed by atoms with van der Waals surface area (Å²) in [5.41, 5.74) is 3.35. The van der Waals surface area contributed by atoms with E-state index in [2.05, 4.69) is 41.3 Å². The Morgan fingerprint density at radius 3 is 2.71 bits per heavy atom. The van der Waals surface area contributed by atoms with Gasteiger partial charge in [-0.3, -0.25) is 0 Å². The average Bonchev–Trinajstić information content (AvgIpc) is 2.72. The third-order valence-electron chi connectivity index (χ3n) is 2.70. The Hall–Kier alpha value is -1.61. The van der Waals surface area contributed by atoms with Crippen LogP contribution in [0, 0.1) is 6.92 Å². The minimum Gasteiger partial charge on any atom is -0.344 e. The molecule has 0 spiro atoms. The first-order valence-electron chi connectivity index (χ1n) is 6.13. The summed E-state index contributed by atoms with van der Waals surface area (Å²) in [6.45, 7) is 6.07. The van der Waals surface area contributed by atoms with Crippen LogP contribution < -0.4 is 5.32 Å². The van der Waals surface area contributed by atoms with Crippen molar-refractivity contribution in [3.8, 4) is 11.3 Å². The lowest BCUT2D eigenvalue weighted by Crippen LogP contribution is -2.14. The lowest BCUT2D eigenvalue weighted by Gasteiger charge is -1.98. The largest absolute Gasteiger partial charge is 0.344 e. The highest BCUT2D eigenvalue weighted by Gasteiger charge is 2.07. The van der Waals surface area contributed by atoms with Crippen LogP contribution in [0.25, 0.3) is 11.3 Å². The molecule has 90 valence electrons. The summed E-state index contributed by atoms with van der Waals surface area (Å²) in [5.74, 6) is 1.01. The van der Waals surface area contributed by atoms with Crippen LogP contribution in [0.15, 0.2) is 30.3 Å². The molecule has 2 aromatic rings. The Bertz CT molecular complexity index is 460. The second kappa shape index (κ2) is 5.64. The number of aryl methyl sites for hydroxylation is 1. The monoisotopic (exact) mass is 229 g/mol. The summed E-state index contributed by atoms with van der Waals surface area (Å²) in [6.07, 6.45) is 1.14. The molecule has 0 saturated carbocycles. The van der Waals surface area contributed by atoms with E-state index in [0.29, 0.717) is 0 Å². The zero-order valence-electron chi connectivity index (χ0n) is 10.5. The van der Waals surface area contributed by atoms with Gasteiger partial charge < -0.3 is 10.3 Å². The van der Waals surface area contributed by atoms with Crippen molar-refractivity contribution in [2.75, 3.05) is 6.54 Å². The molecule has 0 aliphatic carbocycles. The number of nitrogens with one attached hydrogen (secondary N) is 2. The molecule has 3 heteroatoms. The van der Waals surface area contributed by atoms with Gasteiger partial charge in [-0.15, -0.1) is 0 Å². The molecule has 0 fully saturated rings. The van der Waals surface area contributed by atoms with Crippen LogP contribution in [-0.2, 0) is 6.54 Å². The van der Waals surface area contributed by atoms with E-state index >= 15 is 0 Å². The van der Waals surface area contributed by atoms with Gasteiger partial charge in [-0.2, -0.15) is 0 Å². The molecule has 2 rings (SSSR count). The SMILES string of the molecule is CCCNCc1nc(-c2ccccc2)c(C)[nH]1. The molecule has 1 heterocycles. The number of hydrogen-bond donors (Lipinski definition) is 2. The zero-order chi connectivity index (χ0) is 12.1. The number of hydrogen-bond acceptors (Lipinski definition) is 2. The van der Waals surface area contributed by atoms with E-state index in [9.17, 15) is 0 Å². The van der Waals surface area contributed by atoms with Gasteiger partial charge in [0.15, 0.2) is 0 Å². The van der Waals surface area contributed by atoms with Crippen molar-refractivity contribution in [3.05, 3.63) is 41.9 Å². The summed E-state index contributed by atoms with van der Waals surface area (Å²) in [4.78, 5) is 7.96. The van der Waals surface area contributed by atoms with E-state index in [1.807, 2.05) is 18.2 Å². The van der Waals surface area contributed by atoms with E-state index in [1.165, 1.54) is 5.56 Å². The van der Waals surface area contributed by atoms with Crippen LogP contribution in [-0.4, -0.2) is 16.5 Å². The zero-order valence-corrected chi connectivity index (χ0v) is 10.5. The van der Waals surface area contributed by atoms with Crippen molar-refractivity contribution < 1.29 is 0 Å². The minimum absolute atomic E-state index is 0.807. The summed E-state index contributed by atoms with van der Waals surface area (Å²) in [6, 6.07) is 10.3. The van der Waals surface area contributed by atoms with Crippen molar-refractivity contribution in [1.82, 2.24) is 15.3 Å². The third kappa shape index (κ3) is 2.94. The molecule has 17 heavy (non-hydrogen) atoms. The summed E-state index contributed by atoms with van der Waals surface area (Å²) in [5, 5.41) is 3.35. The first-order chi connectivity index (χ1) is 8.31. The lowest BCUT2D eigenvalue weighted by atomic mass is 10.1. The molecule has 3 nitrogen and oxygen atoms in total. The maximum Gasteiger partial charge on any atom is 0.121 e. The first-order valence-corrected chi connectivity index (χ1v) is 6.13. The molecule has 1 aromatic carbocycles. The molecule has 2 N–H and O–H groups in total. The molecular weight excluding hydrogens is 210 g/mol. The Kier molecular flexibility index (Phi) is 3.94. The Morgan fingerprint density at radius 2 is 2.00 bits per heavy atom. The van der Waals surface area contributed by atoms with E-state index in [-0.39, 0.29) is 0 Å². The van der Waals surface area contributed by atoms with Gasteiger partial charge in [-0.05, 0) is 19.9 Å². The smallest absolute Gasteiger partial charge is 0.121 e. The van der Waals surface area contributed by atoms with Gasteiger partial charge >= 0.3 is 0 Å². The van der Waals surface area contributed by atoms with Crippen LogP contribution in [0.2, 0.25) is 0 Å². The molecule has 0 radical (unpaired) electrons. The molecule has 0 atom stereocenters. The standard InChI is InChI=1S/C14H19N3/c1-3-9-15-10-13-16-11(2)14(17-13)12-7-5-4-6-8-12/h4-8,15H,3,9-10H2,1-2H3,(H,16,17). The number of rotatable bonds is 5. The molecule has 1 aromatic heterocycles. The number of imidazole rings is 1. The van der Waals surface area contributed by atoms with Crippen molar-refractivity contribution >= 4 is 0 Å². The molecule has 0 aliphatic heterocycles. The van der Waals surface area contributed by atoms with Gasteiger partial charge in [-0.25, -0.2) is 4.98 Å². The van der Waals surface area contributed by atoms with E-state index in [1.54, 1.807) is 0 Å². The van der Waals surface area contributed by atoms with E-state index in [0.717, 1.165) is 36.7 Å². The maximum absolute atomic E-state index is 4.63. The number of H-pyrrole nitrogens is 1. The molecular formula is C14H19N3. The van der Waals surface area contributed by atoms with Crippen LogP contribution in [0.5, 0.6) is 0 Å². The Labute approximate surface area is 102 Å². The van der Waals surface area contributed by atoms with Crippen molar-refractivity contribution in [2.24, 2.45) is 0 Å². The predicted octanol–water partition coefficient (Wildman–Crippen LogP) is 2.88. The van der Waals surface area contributed by atoms with Gasteiger partial charge in [0.1, 0.15) is 5.82 Å². The highest BCUT2D eigenvalue weighted by atomic mass is 15.0. The first kappa shape index (κ1) is 11.9. The summed E-state index contributed by atoms with van der Waals surface area (Å²) < 4.78 is 0. The average molecular weight is 229 g/mol.